The van der Waals surface area contributed by atoms with Crippen molar-refractivity contribution in [2.45, 2.75) is 19.3 Å². The number of rotatable bonds is 8. The smallest absolute Gasteiger partial charge is 0.455 e. The summed E-state index contributed by atoms with van der Waals surface area (Å²) in [6, 6.07) is 65.7. The molecule has 0 spiro atoms. The van der Waals surface area contributed by atoms with Crippen LogP contribution in [0.5, 0.6) is 11.5 Å². The Labute approximate surface area is 373 Å². The van der Waals surface area contributed by atoms with E-state index >= 15 is 0 Å². The molecule has 1 N–H and O–H groups in total. The minimum atomic E-state index is -0.824. The second-order valence-electron chi connectivity index (χ2n) is 14.9. The van der Waals surface area contributed by atoms with Gasteiger partial charge in [0, 0.05) is 45.0 Å². The van der Waals surface area contributed by atoms with E-state index < -0.39 is 27.5 Å². The zero-order valence-electron chi connectivity index (χ0n) is 33.8. The molecule has 1 radical (unpaired) electrons. The Hall–Kier alpha value is -6.13. The Morgan fingerprint density at radius 3 is 1.37 bits per heavy atom. The number of ether oxygens (including phenoxy) is 1. The van der Waals surface area contributed by atoms with Gasteiger partial charge in [-0.2, -0.15) is 5.10 Å². The summed E-state index contributed by atoms with van der Waals surface area (Å²) in [6.07, 6.45) is 1.62. The average Bonchev–Trinajstić information content (AvgIpc) is 3.80. The molecule has 0 fully saturated rings. The van der Waals surface area contributed by atoms with E-state index in [0.717, 1.165) is 17.6 Å². The summed E-state index contributed by atoms with van der Waals surface area (Å²) in [7, 11) is -1.65. The molecule has 307 valence electrons. The van der Waals surface area contributed by atoms with Crippen molar-refractivity contribution >= 4 is 47.7 Å². The number of aromatic amines is 1. The summed E-state index contributed by atoms with van der Waals surface area (Å²) in [4.78, 5) is 8.28. The Morgan fingerprint density at radius 1 is 0.516 bits per heavy atom. The molecule has 0 amide bonds. The summed E-state index contributed by atoms with van der Waals surface area (Å²) < 4.78 is 33.5. The van der Waals surface area contributed by atoms with Crippen LogP contribution in [0.3, 0.4) is 0 Å². The number of fused-ring (bicyclic) bond motifs is 2. The predicted octanol–water partition coefficient (Wildman–Crippen LogP) is 10.4. The van der Waals surface area contributed by atoms with Crippen molar-refractivity contribution < 1.29 is 30.6 Å². The Bertz CT molecular complexity index is 2670. The van der Waals surface area contributed by atoms with Gasteiger partial charge in [-0.1, -0.05) is 178 Å². The van der Waals surface area contributed by atoms with Gasteiger partial charge in [-0.05, 0) is 61.3 Å². The second-order valence-corrected chi connectivity index (χ2v) is 19.3. The molecule has 0 saturated carbocycles. The van der Waals surface area contributed by atoms with Crippen LogP contribution in [0.1, 0.15) is 25.0 Å². The third-order valence-electron chi connectivity index (χ3n) is 10.6. The van der Waals surface area contributed by atoms with Crippen LogP contribution < -0.4 is 36.6 Å². The first-order valence-electron chi connectivity index (χ1n) is 19.9. The van der Waals surface area contributed by atoms with Gasteiger partial charge in [-0.15, -0.1) is 0 Å². The molecular weight excluding hydrogens is 860 g/mol. The quantitative estimate of drug-likeness (QED) is 0.122. The van der Waals surface area contributed by atoms with E-state index in [1.54, 1.807) is 18.3 Å². The molecule has 9 aromatic rings. The number of hydrogen-bond donors (Lipinski definition) is 1. The fourth-order valence-electron chi connectivity index (χ4n) is 7.70. The van der Waals surface area contributed by atoms with Crippen molar-refractivity contribution in [2.75, 3.05) is 0 Å². The molecule has 10 heteroatoms. The second kappa shape index (κ2) is 18.9. The number of nitrogens with zero attached hydrogens (tertiary/aromatic N) is 3. The van der Waals surface area contributed by atoms with E-state index in [2.05, 4.69) is 192 Å². The Balaban J connectivity index is 0.000000221. The first-order valence-corrected chi connectivity index (χ1v) is 22.6. The minimum absolute atomic E-state index is 0. The van der Waals surface area contributed by atoms with Crippen LogP contribution in [0.15, 0.2) is 200 Å². The third-order valence-corrected chi connectivity index (χ3v) is 15.5. The number of aromatic nitrogens is 4. The summed E-state index contributed by atoms with van der Waals surface area (Å²) in [6.45, 7) is 4.70. The number of halogens is 2. The van der Waals surface area contributed by atoms with Crippen LogP contribution in [0.4, 0.5) is 8.78 Å². The van der Waals surface area contributed by atoms with Crippen LogP contribution in [0.2, 0.25) is 0 Å². The van der Waals surface area contributed by atoms with Gasteiger partial charge in [0.1, 0.15) is 28.8 Å². The van der Waals surface area contributed by atoms with Crippen molar-refractivity contribution in [3.63, 3.8) is 0 Å². The summed E-state index contributed by atoms with van der Waals surface area (Å²) >= 11 is 0. The van der Waals surface area contributed by atoms with Crippen molar-refractivity contribution in [1.82, 2.24) is 20.2 Å². The van der Waals surface area contributed by atoms with Crippen molar-refractivity contribution in [2.24, 2.45) is 0 Å². The van der Waals surface area contributed by atoms with Gasteiger partial charge in [0.25, 0.3) is 0 Å². The number of benzene rings is 7. The van der Waals surface area contributed by atoms with Gasteiger partial charge in [0.05, 0.1) is 0 Å². The fourth-order valence-corrected chi connectivity index (χ4v) is 12.5. The first-order chi connectivity index (χ1) is 29.8. The zero-order valence-corrected chi connectivity index (χ0v) is 36.5. The van der Waals surface area contributed by atoms with Gasteiger partial charge in [0.2, 0.25) is 0 Å². The summed E-state index contributed by atoms with van der Waals surface area (Å²) in [5.74, 6) is 1.35. The topological polar surface area (TPSA) is 63.7 Å². The van der Waals surface area contributed by atoms with Crippen LogP contribution in [-0.2, 0) is 22.5 Å². The van der Waals surface area contributed by atoms with Crippen molar-refractivity contribution in [1.29, 1.82) is 0 Å². The number of H-pyrrole nitrogens is 1. The van der Waals surface area contributed by atoms with Crippen molar-refractivity contribution in [3.05, 3.63) is 223 Å². The van der Waals surface area contributed by atoms with Gasteiger partial charge in [-0.3, -0.25) is 10.1 Å². The van der Waals surface area contributed by atoms with E-state index in [9.17, 15) is 8.78 Å². The normalized spacial score (nSPS) is 12.3. The molecule has 5 nitrogen and oxygen atoms in total. The number of nitrogens with one attached hydrogen (secondary N) is 1. The fraction of sp³-hybridized carbons (Fsp3) is 0.0577. The Morgan fingerprint density at radius 2 is 0.952 bits per heavy atom. The largest absolute Gasteiger partial charge is 2.00 e. The number of pyridine rings is 1. The van der Waals surface area contributed by atoms with E-state index in [1.165, 1.54) is 55.1 Å². The van der Waals surface area contributed by atoms with Gasteiger partial charge in [-0.25, -0.2) is 13.8 Å². The van der Waals surface area contributed by atoms with E-state index in [1.807, 2.05) is 6.07 Å². The molecule has 0 unspecified atom stereocenters. The number of para-hydroxylation sites is 2. The molecule has 2 aromatic heterocycles. The number of hydrogen-bond acceptors (Lipinski definition) is 4. The van der Waals surface area contributed by atoms with E-state index in [-0.39, 0.29) is 33.9 Å². The molecule has 0 saturated heterocycles. The monoisotopic (exact) mass is 899 g/mol. The summed E-state index contributed by atoms with van der Waals surface area (Å²) in [5, 5.41) is 14.4. The maximum atomic E-state index is 13.1. The van der Waals surface area contributed by atoms with Crippen molar-refractivity contribution in [3.8, 4) is 34.4 Å². The SMILES string of the molecule is CC1(C)c2cccc(P(c3ccccc3)c3ccccc3)c2Oc2c(P(c3ccccc3)c3ccccc3)cccc21.Fc1cc(F)cc(-c2n[nH]c(-c3ccccn3)n2)c1.[Cu+2]. The minimum Gasteiger partial charge on any atom is -0.455 e. The maximum Gasteiger partial charge on any atom is 2.00 e. The molecule has 62 heavy (non-hydrogen) atoms. The third kappa shape index (κ3) is 8.79. The van der Waals surface area contributed by atoms with Gasteiger partial charge >= 0.3 is 17.1 Å². The zero-order chi connectivity index (χ0) is 41.8. The molecular formula is C52H40CuF2N4OP2+2. The van der Waals surface area contributed by atoms with Crippen LogP contribution in [0.25, 0.3) is 22.9 Å². The molecule has 10 rings (SSSR count). The molecule has 1 aliphatic rings. The Kier molecular flexibility index (Phi) is 12.9. The van der Waals surface area contributed by atoms with Gasteiger partial charge in [0.15, 0.2) is 11.6 Å². The molecule has 3 heterocycles. The molecule has 0 atom stereocenters. The van der Waals surface area contributed by atoms with E-state index in [0.29, 0.717) is 11.5 Å². The first kappa shape index (κ1) is 42.6. The van der Waals surface area contributed by atoms with Gasteiger partial charge < -0.3 is 4.74 Å². The molecule has 0 aliphatic carbocycles. The molecule has 1 aliphatic heterocycles. The van der Waals surface area contributed by atoms with Crippen LogP contribution in [0, 0.1) is 11.6 Å². The van der Waals surface area contributed by atoms with Crippen LogP contribution >= 0.6 is 15.8 Å². The predicted molar refractivity (Wildman–Crippen MR) is 247 cm³/mol. The average molecular weight is 900 g/mol. The molecule has 0 bridgehead atoms. The van der Waals surface area contributed by atoms with E-state index in [4.69, 9.17) is 4.74 Å². The maximum absolute atomic E-state index is 13.1. The summed E-state index contributed by atoms with van der Waals surface area (Å²) in [5.41, 5.74) is 3.15. The van der Waals surface area contributed by atoms with Crippen LogP contribution in [-0.4, -0.2) is 20.2 Å². The standard InChI is InChI=1S/C39H32OP2.C13H8F2N4.Cu/c1-39(2)33-25-15-27-35(41(29-17-7-3-8-18-29)30-19-9-4-10-20-30)37(33)40-38-34(39)26-16-28-36(38)42(31-21-11-5-12-22-31)32-23-13-6-14-24-32;14-9-5-8(6-10(15)7-9)12-17-13(19-18-12)11-3-1-2-4-16-11;/h3-28H,1-2H3;1-7H,(H,17,18,19);/q;;+2. The molecule has 7 aromatic carbocycles.